The number of nitrogens with one attached hydrogen (secondary N) is 1. The number of anilines is 2. The molecule has 0 radical (unpaired) electrons. The van der Waals surface area contributed by atoms with Crippen molar-refractivity contribution in [2.24, 2.45) is 5.92 Å². The summed E-state index contributed by atoms with van der Waals surface area (Å²) in [5.74, 6) is -0.270. The lowest BCUT2D eigenvalue weighted by atomic mass is 10.1. The number of ether oxygens (including phenoxy) is 1. The predicted molar refractivity (Wildman–Crippen MR) is 103 cm³/mol. The van der Waals surface area contributed by atoms with Crippen LogP contribution in [0.15, 0.2) is 42.5 Å². The molecule has 7 heteroatoms. The largest absolute Gasteiger partial charge is 0.492 e. The van der Waals surface area contributed by atoms with Crippen molar-refractivity contribution in [3.05, 3.63) is 52.5 Å². The Hall–Kier alpha value is -2.24. The monoisotopic (exact) mass is 392 g/mol. The molecule has 0 unspecified atom stereocenters. The van der Waals surface area contributed by atoms with Crippen LogP contribution in [-0.2, 0) is 9.59 Å². The Morgan fingerprint density at radius 3 is 2.77 bits per heavy atom. The fourth-order valence-corrected chi connectivity index (χ4v) is 3.30. The molecule has 0 aliphatic carbocycles. The quantitative estimate of drug-likeness (QED) is 0.820. The summed E-state index contributed by atoms with van der Waals surface area (Å²) in [4.78, 5) is 26.5. The SMILES string of the molecule is CCOc1ccccc1NC(=O)[C@H]1CC(=O)N(c2cccc(Cl)c2Cl)C1. The van der Waals surface area contributed by atoms with E-state index in [2.05, 4.69) is 5.32 Å². The van der Waals surface area contributed by atoms with Crippen LogP contribution in [0.5, 0.6) is 5.75 Å². The Morgan fingerprint density at radius 1 is 1.23 bits per heavy atom. The molecule has 1 N–H and O–H groups in total. The highest BCUT2D eigenvalue weighted by atomic mass is 35.5. The van der Waals surface area contributed by atoms with Crippen molar-refractivity contribution >= 4 is 46.4 Å². The minimum Gasteiger partial charge on any atom is -0.492 e. The van der Waals surface area contributed by atoms with E-state index >= 15 is 0 Å². The van der Waals surface area contributed by atoms with Crippen LogP contribution in [-0.4, -0.2) is 25.0 Å². The summed E-state index contributed by atoms with van der Waals surface area (Å²) in [5.41, 5.74) is 1.11. The van der Waals surface area contributed by atoms with Crippen molar-refractivity contribution in [1.82, 2.24) is 0 Å². The topological polar surface area (TPSA) is 58.6 Å². The summed E-state index contributed by atoms with van der Waals surface area (Å²) in [6, 6.07) is 12.3. The van der Waals surface area contributed by atoms with Crippen molar-refractivity contribution < 1.29 is 14.3 Å². The summed E-state index contributed by atoms with van der Waals surface area (Å²) < 4.78 is 5.52. The van der Waals surface area contributed by atoms with Crippen LogP contribution >= 0.6 is 23.2 Å². The number of halogens is 2. The van der Waals surface area contributed by atoms with Crippen molar-refractivity contribution in [3.8, 4) is 5.75 Å². The first-order valence-electron chi connectivity index (χ1n) is 8.28. The van der Waals surface area contributed by atoms with E-state index in [1.165, 1.54) is 4.90 Å². The Balaban J connectivity index is 1.74. The molecule has 0 bridgehead atoms. The molecule has 136 valence electrons. The van der Waals surface area contributed by atoms with Crippen molar-refractivity contribution in [2.45, 2.75) is 13.3 Å². The van der Waals surface area contributed by atoms with Gasteiger partial charge in [-0.25, -0.2) is 0 Å². The fraction of sp³-hybridized carbons (Fsp3) is 0.263. The van der Waals surface area contributed by atoms with E-state index in [1.807, 2.05) is 19.1 Å². The lowest BCUT2D eigenvalue weighted by Crippen LogP contribution is -2.28. The molecular weight excluding hydrogens is 375 g/mol. The first-order valence-corrected chi connectivity index (χ1v) is 9.04. The number of benzene rings is 2. The van der Waals surface area contributed by atoms with E-state index in [4.69, 9.17) is 27.9 Å². The molecule has 1 saturated heterocycles. The van der Waals surface area contributed by atoms with Gasteiger partial charge in [-0.15, -0.1) is 0 Å². The third-order valence-electron chi connectivity index (χ3n) is 4.16. The summed E-state index contributed by atoms with van der Waals surface area (Å²) in [6.45, 7) is 2.62. The van der Waals surface area contributed by atoms with Gasteiger partial charge in [0, 0.05) is 13.0 Å². The number of carbonyl (C=O) groups excluding carboxylic acids is 2. The van der Waals surface area contributed by atoms with Gasteiger partial charge in [-0.1, -0.05) is 41.4 Å². The third-order valence-corrected chi connectivity index (χ3v) is 4.97. The summed E-state index contributed by atoms with van der Waals surface area (Å²) >= 11 is 12.2. The van der Waals surface area contributed by atoms with Gasteiger partial charge in [-0.2, -0.15) is 0 Å². The molecule has 1 heterocycles. The molecule has 1 aliphatic heterocycles. The molecule has 0 spiro atoms. The van der Waals surface area contributed by atoms with Crippen LogP contribution in [0.3, 0.4) is 0 Å². The maximum absolute atomic E-state index is 12.6. The molecule has 1 aliphatic rings. The van der Waals surface area contributed by atoms with E-state index < -0.39 is 5.92 Å². The second-order valence-corrected chi connectivity index (χ2v) is 6.68. The zero-order valence-electron chi connectivity index (χ0n) is 14.2. The predicted octanol–water partition coefficient (Wildman–Crippen LogP) is 4.38. The number of nitrogens with zero attached hydrogens (tertiary/aromatic N) is 1. The van der Waals surface area contributed by atoms with E-state index in [1.54, 1.807) is 30.3 Å². The molecule has 5 nitrogen and oxygen atoms in total. The average molecular weight is 393 g/mol. The molecule has 1 atom stereocenters. The fourth-order valence-electron chi connectivity index (χ4n) is 2.90. The highest BCUT2D eigenvalue weighted by Crippen LogP contribution is 2.36. The molecule has 0 saturated carbocycles. The lowest BCUT2D eigenvalue weighted by Gasteiger charge is -2.19. The van der Waals surface area contributed by atoms with Crippen LogP contribution in [0.25, 0.3) is 0 Å². The van der Waals surface area contributed by atoms with Gasteiger partial charge in [0.05, 0.1) is 33.9 Å². The molecule has 2 aromatic rings. The van der Waals surface area contributed by atoms with E-state index in [9.17, 15) is 9.59 Å². The Kier molecular flexibility index (Phi) is 5.69. The van der Waals surface area contributed by atoms with Crippen LogP contribution in [0.1, 0.15) is 13.3 Å². The van der Waals surface area contributed by atoms with Gasteiger partial charge >= 0.3 is 0 Å². The summed E-state index contributed by atoms with van der Waals surface area (Å²) in [6.07, 6.45) is 0.117. The van der Waals surface area contributed by atoms with Gasteiger partial charge in [-0.3, -0.25) is 9.59 Å². The normalized spacial score (nSPS) is 16.7. The molecule has 0 aromatic heterocycles. The zero-order chi connectivity index (χ0) is 18.7. The average Bonchev–Trinajstić information content (AvgIpc) is 3.01. The first kappa shape index (κ1) is 18.5. The lowest BCUT2D eigenvalue weighted by molar-refractivity contribution is -0.122. The number of hydrogen-bond acceptors (Lipinski definition) is 3. The van der Waals surface area contributed by atoms with E-state index in [0.29, 0.717) is 33.8 Å². The molecular formula is C19H18Cl2N2O3. The first-order chi connectivity index (χ1) is 12.5. The molecule has 3 rings (SSSR count). The Bertz CT molecular complexity index is 841. The molecule has 2 aromatic carbocycles. The van der Waals surface area contributed by atoms with Crippen LogP contribution in [0.4, 0.5) is 11.4 Å². The van der Waals surface area contributed by atoms with Gasteiger partial charge in [-0.05, 0) is 31.2 Å². The number of amides is 2. The van der Waals surface area contributed by atoms with Crippen molar-refractivity contribution in [1.29, 1.82) is 0 Å². The number of hydrogen-bond donors (Lipinski definition) is 1. The maximum Gasteiger partial charge on any atom is 0.229 e. The van der Waals surface area contributed by atoms with Crippen LogP contribution in [0, 0.1) is 5.92 Å². The van der Waals surface area contributed by atoms with Crippen molar-refractivity contribution in [2.75, 3.05) is 23.4 Å². The summed E-state index contributed by atoms with van der Waals surface area (Å²) in [5, 5.41) is 3.54. The number of carbonyl (C=O) groups is 2. The molecule has 26 heavy (non-hydrogen) atoms. The molecule has 2 amide bonds. The number of para-hydroxylation sites is 2. The minimum absolute atomic E-state index is 0.117. The molecule has 1 fully saturated rings. The second kappa shape index (κ2) is 7.98. The van der Waals surface area contributed by atoms with Crippen molar-refractivity contribution in [3.63, 3.8) is 0 Å². The van der Waals surface area contributed by atoms with Gasteiger partial charge < -0.3 is 15.0 Å². The Labute approximate surface area is 161 Å². The van der Waals surface area contributed by atoms with Crippen LogP contribution < -0.4 is 15.0 Å². The number of rotatable bonds is 5. The highest BCUT2D eigenvalue weighted by Gasteiger charge is 2.36. The van der Waals surface area contributed by atoms with Gasteiger partial charge in [0.1, 0.15) is 5.75 Å². The van der Waals surface area contributed by atoms with Gasteiger partial charge in [0.2, 0.25) is 11.8 Å². The second-order valence-electron chi connectivity index (χ2n) is 5.90. The minimum atomic E-state index is -0.479. The third kappa shape index (κ3) is 3.79. The highest BCUT2D eigenvalue weighted by molar-refractivity contribution is 6.44. The zero-order valence-corrected chi connectivity index (χ0v) is 15.7. The smallest absolute Gasteiger partial charge is 0.229 e. The van der Waals surface area contributed by atoms with Crippen LogP contribution in [0.2, 0.25) is 10.0 Å². The van der Waals surface area contributed by atoms with E-state index in [0.717, 1.165) is 0 Å². The van der Waals surface area contributed by atoms with Gasteiger partial charge in [0.25, 0.3) is 0 Å². The standard InChI is InChI=1S/C19H18Cl2N2O3/c1-2-26-16-9-4-3-7-14(16)22-19(25)12-10-17(24)23(11-12)15-8-5-6-13(20)18(15)21/h3-9,12H,2,10-11H2,1H3,(H,22,25)/t12-/m0/s1. The Morgan fingerprint density at radius 2 is 2.00 bits per heavy atom. The van der Waals surface area contributed by atoms with Gasteiger partial charge in [0.15, 0.2) is 0 Å². The summed E-state index contributed by atoms with van der Waals surface area (Å²) in [7, 11) is 0. The maximum atomic E-state index is 12.6. The van der Waals surface area contributed by atoms with E-state index in [-0.39, 0.29) is 24.8 Å².